The maximum atomic E-state index is 10.5. The molecule has 1 fully saturated rings. The highest BCUT2D eigenvalue weighted by Gasteiger charge is 2.12. The standard InChI is InChI=1S/C11H19NO2S/c1-9(11(13)14)5-6-12-8-10-4-2-3-7-15-10/h5,10,12H,2-4,6-8H2,1H3,(H,13,14). The van der Waals surface area contributed by atoms with E-state index in [1.54, 1.807) is 13.0 Å². The molecule has 0 radical (unpaired) electrons. The van der Waals surface area contributed by atoms with Crippen molar-refractivity contribution >= 4 is 17.7 Å². The van der Waals surface area contributed by atoms with Crippen LogP contribution in [0.1, 0.15) is 26.2 Å². The Morgan fingerprint density at radius 2 is 2.40 bits per heavy atom. The topological polar surface area (TPSA) is 49.3 Å². The summed E-state index contributed by atoms with van der Waals surface area (Å²) in [7, 11) is 0. The van der Waals surface area contributed by atoms with E-state index in [4.69, 9.17) is 5.11 Å². The van der Waals surface area contributed by atoms with E-state index in [0.29, 0.717) is 12.1 Å². The van der Waals surface area contributed by atoms with Gasteiger partial charge in [0, 0.05) is 23.9 Å². The van der Waals surface area contributed by atoms with Crippen LogP contribution in [0.3, 0.4) is 0 Å². The lowest BCUT2D eigenvalue weighted by Gasteiger charge is -2.21. The van der Waals surface area contributed by atoms with Crippen molar-refractivity contribution in [2.75, 3.05) is 18.8 Å². The zero-order chi connectivity index (χ0) is 11.1. The Kier molecular flexibility index (Phi) is 5.79. The molecule has 0 amide bonds. The van der Waals surface area contributed by atoms with Gasteiger partial charge in [0.1, 0.15) is 0 Å². The van der Waals surface area contributed by atoms with Gasteiger partial charge in [-0.15, -0.1) is 0 Å². The number of carboxylic acids is 1. The van der Waals surface area contributed by atoms with Crippen LogP contribution in [0.4, 0.5) is 0 Å². The first-order valence-electron chi connectivity index (χ1n) is 5.42. The molecule has 0 aromatic carbocycles. The summed E-state index contributed by atoms with van der Waals surface area (Å²) < 4.78 is 0. The molecule has 1 atom stereocenters. The summed E-state index contributed by atoms with van der Waals surface area (Å²) in [5, 5.41) is 12.6. The number of rotatable bonds is 5. The fraction of sp³-hybridized carbons (Fsp3) is 0.727. The molecule has 1 rings (SSSR count). The number of carbonyl (C=O) groups is 1. The van der Waals surface area contributed by atoms with Gasteiger partial charge >= 0.3 is 5.97 Å². The van der Waals surface area contributed by atoms with Gasteiger partial charge in [0.05, 0.1) is 0 Å². The fourth-order valence-corrected chi connectivity index (χ4v) is 2.80. The highest BCUT2D eigenvalue weighted by atomic mass is 32.2. The van der Waals surface area contributed by atoms with Gasteiger partial charge in [0.2, 0.25) is 0 Å². The van der Waals surface area contributed by atoms with Crippen LogP contribution in [0.25, 0.3) is 0 Å². The summed E-state index contributed by atoms with van der Waals surface area (Å²) >= 11 is 2.03. The highest BCUT2D eigenvalue weighted by molar-refractivity contribution is 7.99. The molecular weight excluding hydrogens is 210 g/mol. The molecule has 1 unspecified atom stereocenters. The molecule has 0 saturated carbocycles. The van der Waals surface area contributed by atoms with Gasteiger partial charge in [-0.3, -0.25) is 0 Å². The predicted octanol–water partition coefficient (Wildman–Crippen LogP) is 1.89. The Balaban J connectivity index is 2.10. The Labute approximate surface area is 95.3 Å². The SMILES string of the molecule is CC(=CCNCC1CCCCS1)C(=O)O. The Bertz CT molecular complexity index is 235. The molecule has 2 N–H and O–H groups in total. The van der Waals surface area contributed by atoms with Gasteiger partial charge < -0.3 is 10.4 Å². The number of thioether (sulfide) groups is 1. The Hall–Kier alpha value is -0.480. The van der Waals surface area contributed by atoms with E-state index in [1.165, 1.54) is 25.0 Å². The summed E-state index contributed by atoms with van der Waals surface area (Å²) in [6.07, 6.45) is 5.71. The quantitative estimate of drug-likeness (QED) is 0.558. The summed E-state index contributed by atoms with van der Waals surface area (Å²) in [4.78, 5) is 10.5. The molecule has 0 aliphatic carbocycles. The molecule has 1 heterocycles. The normalized spacial score (nSPS) is 22.7. The average Bonchev–Trinajstić information content (AvgIpc) is 2.25. The molecule has 1 saturated heterocycles. The van der Waals surface area contributed by atoms with Gasteiger partial charge in [-0.25, -0.2) is 4.79 Å². The molecule has 0 aromatic rings. The van der Waals surface area contributed by atoms with Crippen LogP contribution in [-0.2, 0) is 4.79 Å². The lowest BCUT2D eigenvalue weighted by molar-refractivity contribution is -0.132. The zero-order valence-corrected chi connectivity index (χ0v) is 9.98. The van der Waals surface area contributed by atoms with Crippen LogP contribution < -0.4 is 5.32 Å². The molecule has 1 aliphatic heterocycles. The van der Waals surface area contributed by atoms with Crippen molar-refractivity contribution in [3.05, 3.63) is 11.6 Å². The second-order valence-electron chi connectivity index (χ2n) is 3.84. The third kappa shape index (κ3) is 5.23. The molecule has 0 bridgehead atoms. The molecule has 1 aliphatic rings. The molecule has 0 aromatic heterocycles. The average molecular weight is 229 g/mol. The Morgan fingerprint density at radius 1 is 1.60 bits per heavy atom. The minimum Gasteiger partial charge on any atom is -0.478 e. The van der Waals surface area contributed by atoms with Crippen molar-refractivity contribution in [1.29, 1.82) is 0 Å². The number of nitrogens with one attached hydrogen (secondary N) is 1. The second-order valence-corrected chi connectivity index (χ2v) is 5.25. The first kappa shape index (κ1) is 12.6. The second kappa shape index (κ2) is 6.90. The first-order chi connectivity index (χ1) is 7.20. The van der Waals surface area contributed by atoms with Gasteiger partial charge in [0.25, 0.3) is 0 Å². The van der Waals surface area contributed by atoms with Crippen LogP contribution in [0.5, 0.6) is 0 Å². The summed E-state index contributed by atoms with van der Waals surface area (Å²) in [6, 6.07) is 0. The summed E-state index contributed by atoms with van der Waals surface area (Å²) in [5.41, 5.74) is 0.416. The van der Waals surface area contributed by atoms with E-state index in [1.807, 2.05) is 11.8 Å². The van der Waals surface area contributed by atoms with Crippen LogP contribution in [0.15, 0.2) is 11.6 Å². The van der Waals surface area contributed by atoms with E-state index in [-0.39, 0.29) is 0 Å². The van der Waals surface area contributed by atoms with E-state index in [9.17, 15) is 4.79 Å². The molecule has 15 heavy (non-hydrogen) atoms. The van der Waals surface area contributed by atoms with E-state index in [0.717, 1.165) is 11.8 Å². The maximum absolute atomic E-state index is 10.5. The third-order valence-corrected chi connectivity index (χ3v) is 3.93. The summed E-state index contributed by atoms with van der Waals surface area (Å²) in [6.45, 7) is 3.28. The molecule has 3 nitrogen and oxygen atoms in total. The van der Waals surface area contributed by atoms with E-state index >= 15 is 0 Å². The fourth-order valence-electron chi connectivity index (χ4n) is 1.53. The first-order valence-corrected chi connectivity index (χ1v) is 6.47. The maximum Gasteiger partial charge on any atom is 0.330 e. The summed E-state index contributed by atoms with van der Waals surface area (Å²) in [5.74, 6) is 0.444. The number of carboxylic acid groups (broad SMARTS) is 1. The largest absolute Gasteiger partial charge is 0.478 e. The van der Waals surface area contributed by atoms with Crippen molar-refractivity contribution in [2.45, 2.75) is 31.4 Å². The van der Waals surface area contributed by atoms with Crippen LogP contribution >= 0.6 is 11.8 Å². The van der Waals surface area contributed by atoms with Gasteiger partial charge in [-0.05, 0) is 25.5 Å². The monoisotopic (exact) mass is 229 g/mol. The van der Waals surface area contributed by atoms with Gasteiger partial charge in [-0.2, -0.15) is 11.8 Å². The van der Waals surface area contributed by atoms with Crippen LogP contribution in [0.2, 0.25) is 0 Å². The minimum absolute atomic E-state index is 0.416. The molecule has 86 valence electrons. The number of aliphatic carboxylic acids is 1. The zero-order valence-electron chi connectivity index (χ0n) is 9.16. The van der Waals surface area contributed by atoms with Crippen molar-refractivity contribution < 1.29 is 9.90 Å². The minimum atomic E-state index is -0.830. The number of hydrogen-bond acceptors (Lipinski definition) is 3. The van der Waals surface area contributed by atoms with Crippen molar-refractivity contribution in [2.24, 2.45) is 0 Å². The number of hydrogen-bond donors (Lipinski definition) is 2. The van der Waals surface area contributed by atoms with E-state index < -0.39 is 5.97 Å². The Morgan fingerprint density at radius 3 is 3.00 bits per heavy atom. The van der Waals surface area contributed by atoms with Crippen molar-refractivity contribution in [3.8, 4) is 0 Å². The van der Waals surface area contributed by atoms with Crippen molar-refractivity contribution in [3.63, 3.8) is 0 Å². The van der Waals surface area contributed by atoms with Gasteiger partial charge in [0.15, 0.2) is 0 Å². The molecule has 0 spiro atoms. The van der Waals surface area contributed by atoms with Crippen LogP contribution in [0, 0.1) is 0 Å². The van der Waals surface area contributed by atoms with E-state index in [2.05, 4.69) is 5.32 Å². The van der Waals surface area contributed by atoms with Crippen molar-refractivity contribution in [1.82, 2.24) is 5.32 Å². The third-order valence-electron chi connectivity index (χ3n) is 2.54. The smallest absolute Gasteiger partial charge is 0.330 e. The molecule has 4 heteroatoms. The lowest BCUT2D eigenvalue weighted by atomic mass is 10.2. The highest BCUT2D eigenvalue weighted by Crippen LogP contribution is 2.24. The van der Waals surface area contributed by atoms with Gasteiger partial charge in [-0.1, -0.05) is 12.5 Å². The molecular formula is C11H19NO2S. The predicted molar refractivity (Wildman–Crippen MR) is 64.4 cm³/mol. The van der Waals surface area contributed by atoms with Crippen LogP contribution in [-0.4, -0.2) is 35.2 Å². The lowest BCUT2D eigenvalue weighted by Crippen LogP contribution is -2.27.